The SMILES string of the molecule is CCCCCNC(=O)CCCCC1=CCN(CCC23CC4CC(CC(C4)C2)C3)C=C1. The minimum absolute atomic E-state index is 0.232. The minimum atomic E-state index is 0.232. The van der Waals surface area contributed by atoms with Crippen LogP contribution in [0.2, 0.25) is 0 Å². The Morgan fingerprint density at radius 1 is 1.07 bits per heavy atom. The first-order valence-electron chi connectivity index (χ1n) is 13.0. The molecule has 1 amide bonds. The van der Waals surface area contributed by atoms with Crippen LogP contribution < -0.4 is 5.32 Å². The van der Waals surface area contributed by atoms with Crippen molar-refractivity contribution in [2.45, 2.75) is 96.8 Å². The second-order valence-corrected chi connectivity index (χ2v) is 11.0. The quantitative estimate of drug-likeness (QED) is 0.386. The van der Waals surface area contributed by atoms with E-state index in [1.54, 1.807) is 19.3 Å². The monoisotopic (exact) mass is 412 g/mol. The molecule has 3 heteroatoms. The number of hydrogen-bond acceptors (Lipinski definition) is 2. The molecule has 0 radical (unpaired) electrons. The molecule has 168 valence electrons. The first kappa shape index (κ1) is 22.0. The van der Waals surface area contributed by atoms with Gasteiger partial charge < -0.3 is 10.2 Å². The Bertz CT molecular complexity index is 599. The van der Waals surface area contributed by atoms with Gasteiger partial charge in [-0.05, 0) is 112 Å². The van der Waals surface area contributed by atoms with Crippen LogP contribution >= 0.6 is 0 Å². The summed E-state index contributed by atoms with van der Waals surface area (Å²) in [7, 11) is 0. The zero-order valence-electron chi connectivity index (χ0n) is 19.3. The molecular weight excluding hydrogens is 368 g/mol. The number of allylic oxidation sites excluding steroid dienone is 2. The van der Waals surface area contributed by atoms with Crippen LogP contribution in [0.1, 0.15) is 96.8 Å². The zero-order valence-corrected chi connectivity index (χ0v) is 19.3. The number of nitrogens with one attached hydrogen (secondary N) is 1. The van der Waals surface area contributed by atoms with Crippen molar-refractivity contribution in [3.63, 3.8) is 0 Å². The molecule has 0 unspecified atom stereocenters. The lowest BCUT2D eigenvalue weighted by Crippen LogP contribution is -2.47. The Kier molecular flexibility index (Phi) is 7.59. The van der Waals surface area contributed by atoms with E-state index in [-0.39, 0.29) is 5.91 Å². The number of nitrogens with zero attached hydrogens (tertiary/aromatic N) is 1. The molecule has 1 N–H and O–H groups in total. The maximum Gasteiger partial charge on any atom is 0.219 e. The van der Waals surface area contributed by atoms with E-state index < -0.39 is 0 Å². The average Bonchev–Trinajstić information content (AvgIpc) is 2.73. The van der Waals surface area contributed by atoms with Crippen LogP contribution in [-0.2, 0) is 4.79 Å². The highest BCUT2D eigenvalue weighted by Gasteiger charge is 2.50. The molecule has 5 aliphatic rings. The highest BCUT2D eigenvalue weighted by Crippen LogP contribution is 2.61. The van der Waals surface area contributed by atoms with Gasteiger partial charge in [0.05, 0.1) is 0 Å². The zero-order chi connectivity index (χ0) is 20.8. The number of unbranched alkanes of at least 4 members (excludes halogenated alkanes) is 3. The Balaban J connectivity index is 1.09. The Hall–Kier alpha value is -1.25. The summed E-state index contributed by atoms with van der Waals surface area (Å²) in [5, 5.41) is 3.05. The smallest absolute Gasteiger partial charge is 0.219 e. The lowest BCUT2D eigenvalue weighted by atomic mass is 9.49. The summed E-state index contributed by atoms with van der Waals surface area (Å²) in [6.07, 6.45) is 25.2. The second kappa shape index (κ2) is 10.4. The van der Waals surface area contributed by atoms with Crippen LogP contribution in [0.3, 0.4) is 0 Å². The summed E-state index contributed by atoms with van der Waals surface area (Å²) < 4.78 is 0. The van der Waals surface area contributed by atoms with E-state index in [9.17, 15) is 4.79 Å². The number of carbonyl (C=O) groups excluding carboxylic acids is 1. The molecule has 30 heavy (non-hydrogen) atoms. The molecule has 0 saturated heterocycles. The van der Waals surface area contributed by atoms with Crippen LogP contribution in [0.4, 0.5) is 0 Å². The number of hydrogen-bond donors (Lipinski definition) is 1. The summed E-state index contributed by atoms with van der Waals surface area (Å²) in [6.45, 7) is 5.36. The van der Waals surface area contributed by atoms with Gasteiger partial charge in [0, 0.05) is 26.1 Å². The van der Waals surface area contributed by atoms with Crippen molar-refractivity contribution in [2.75, 3.05) is 19.6 Å². The Morgan fingerprint density at radius 2 is 1.80 bits per heavy atom. The van der Waals surface area contributed by atoms with Gasteiger partial charge in [-0.15, -0.1) is 0 Å². The molecule has 0 aromatic heterocycles. The first-order valence-corrected chi connectivity index (χ1v) is 13.0. The Labute approximate surface area is 184 Å². The molecule has 5 rings (SSSR count). The number of rotatable bonds is 12. The van der Waals surface area contributed by atoms with Gasteiger partial charge in [0.15, 0.2) is 0 Å². The van der Waals surface area contributed by atoms with E-state index in [0.29, 0.717) is 11.8 Å². The normalized spacial score (nSPS) is 31.8. The predicted molar refractivity (Wildman–Crippen MR) is 125 cm³/mol. The predicted octanol–water partition coefficient (Wildman–Crippen LogP) is 6.22. The van der Waals surface area contributed by atoms with Gasteiger partial charge in [0.1, 0.15) is 0 Å². The molecule has 1 heterocycles. The van der Waals surface area contributed by atoms with Crippen molar-refractivity contribution in [1.82, 2.24) is 10.2 Å². The highest BCUT2D eigenvalue weighted by molar-refractivity contribution is 5.75. The average molecular weight is 413 g/mol. The van der Waals surface area contributed by atoms with E-state index >= 15 is 0 Å². The largest absolute Gasteiger partial charge is 0.374 e. The van der Waals surface area contributed by atoms with Crippen LogP contribution in [0.5, 0.6) is 0 Å². The van der Waals surface area contributed by atoms with Crippen molar-refractivity contribution < 1.29 is 4.79 Å². The maximum atomic E-state index is 11.9. The van der Waals surface area contributed by atoms with Crippen LogP contribution in [0.15, 0.2) is 23.9 Å². The minimum Gasteiger partial charge on any atom is -0.374 e. The summed E-state index contributed by atoms with van der Waals surface area (Å²) >= 11 is 0. The van der Waals surface area contributed by atoms with E-state index in [1.165, 1.54) is 50.6 Å². The lowest BCUT2D eigenvalue weighted by molar-refractivity contribution is -0.121. The second-order valence-electron chi connectivity index (χ2n) is 11.0. The summed E-state index contributed by atoms with van der Waals surface area (Å²) in [6, 6.07) is 0. The molecule has 3 nitrogen and oxygen atoms in total. The molecule has 0 aromatic rings. The van der Waals surface area contributed by atoms with Gasteiger partial charge in [-0.2, -0.15) is 0 Å². The van der Waals surface area contributed by atoms with Crippen molar-refractivity contribution in [2.24, 2.45) is 23.2 Å². The van der Waals surface area contributed by atoms with E-state index in [0.717, 1.165) is 56.5 Å². The van der Waals surface area contributed by atoms with E-state index in [4.69, 9.17) is 0 Å². The third-order valence-electron chi connectivity index (χ3n) is 8.40. The van der Waals surface area contributed by atoms with Crippen molar-refractivity contribution in [1.29, 1.82) is 0 Å². The molecule has 1 aliphatic heterocycles. The topological polar surface area (TPSA) is 32.3 Å². The molecule has 0 spiro atoms. The van der Waals surface area contributed by atoms with Crippen LogP contribution in [0.25, 0.3) is 0 Å². The van der Waals surface area contributed by atoms with Gasteiger partial charge in [-0.25, -0.2) is 0 Å². The fourth-order valence-corrected chi connectivity index (χ4v) is 7.20. The van der Waals surface area contributed by atoms with Gasteiger partial charge in [-0.1, -0.05) is 25.8 Å². The van der Waals surface area contributed by atoms with Crippen LogP contribution in [0, 0.1) is 23.2 Å². The number of carbonyl (C=O) groups is 1. The third-order valence-corrected chi connectivity index (χ3v) is 8.40. The summed E-state index contributed by atoms with van der Waals surface area (Å²) in [4.78, 5) is 14.4. The van der Waals surface area contributed by atoms with Crippen molar-refractivity contribution in [3.05, 3.63) is 23.9 Å². The molecule has 4 aliphatic carbocycles. The number of amides is 1. The molecular formula is C27H44N2O. The van der Waals surface area contributed by atoms with E-state index in [1.807, 2.05) is 0 Å². The van der Waals surface area contributed by atoms with Crippen molar-refractivity contribution in [3.8, 4) is 0 Å². The molecule has 4 fully saturated rings. The lowest BCUT2D eigenvalue weighted by Gasteiger charge is -2.57. The molecule has 0 atom stereocenters. The molecule has 4 saturated carbocycles. The summed E-state index contributed by atoms with van der Waals surface area (Å²) in [5.74, 6) is 3.43. The van der Waals surface area contributed by atoms with Gasteiger partial charge in [0.25, 0.3) is 0 Å². The van der Waals surface area contributed by atoms with Crippen molar-refractivity contribution >= 4 is 5.91 Å². The van der Waals surface area contributed by atoms with Gasteiger partial charge in [0.2, 0.25) is 5.91 Å². The maximum absolute atomic E-state index is 11.9. The van der Waals surface area contributed by atoms with Gasteiger partial charge >= 0.3 is 0 Å². The van der Waals surface area contributed by atoms with Crippen LogP contribution in [-0.4, -0.2) is 30.4 Å². The fraction of sp³-hybridized carbons (Fsp3) is 0.815. The molecule has 0 aromatic carbocycles. The summed E-state index contributed by atoms with van der Waals surface area (Å²) in [5.41, 5.74) is 2.16. The van der Waals surface area contributed by atoms with Gasteiger partial charge in [-0.3, -0.25) is 4.79 Å². The van der Waals surface area contributed by atoms with E-state index in [2.05, 4.69) is 35.5 Å². The third kappa shape index (κ3) is 5.92. The molecule has 4 bridgehead atoms. The first-order chi connectivity index (χ1) is 14.6. The highest BCUT2D eigenvalue weighted by atomic mass is 16.1. The fourth-order valence-electron chi connectivity index (χ4n) is 7.20. The standard InChI is InChI=1S/C27H44N2O/c1-2-3-6-12-28-26(30)8-5-4-7-22-9-13-29(14-10-22)15-11-27-19-23-16-24(20-27)18-25(17-23)21-27/h9-10,13,23-25H,2-8,11-12,14-21H2,1H3,(H,28,30). The Morgan fingerprint density at radius 3 is 2.43 bits per heavy atom.